The average Bonchev–Trinajstić information content (AvgIpc) is 2.16. The van der Waals surface area contributed by atoms with Gasteiger partial charge in [-0.2, -0.15) is 0 Å². The molecule has 0 aliphatic carbocycles. The van der Waals surface area contributed by atoms with Gasteiger partial charge in [-0.3, -0.25) is 4.90 Å². The lowest BCUT2D eigenvalue weighted by Crippen LogP contribution is -2.67. The first-order valence-electron chi connectivity index (χ1n) is 5.63. The summed E-state index contributed by atoms with van der Waals surface area (Å²) in [5.74, 6) is 6.83. The normalized spacial score (nSPS) is 24.7. The van der Waals surface area contributed by atoms with Gasteiger partial charge in [0.2, 0.25) is 0 Å². The van der Waals surface area contributed by atoms with Crippen molar-refractivity contribution in [3.63, 3.8) is 0 Å². The smallest absolute Gasteiger partial charge is 0.117 e. The van der Waals surface area contributed by atoms with Crippen molar-refractivity contribution in [3.8, 4) is 11.8 Å². The van der Waals surface area contributed by atoms with Crippen molar-refractivity contribution in [2.45, 2.75) is 19.4 Å². The van der Waals surface area contributed by atoms with E-state index in [1.807, 2.05) is 0 Å². The van der Waals surface area contributed by atoms with Crippen LogP contribution in [0.2, 0.25) is 0 Å². The summed E-state index contributed by atoms with van der Waals surface area (Å²) in [6, 6.07) is 0. The van der Waals surface area contributed by atoms with Crippen LogP contribution in [0.4, 0.5) is 0 Å². The van der Waals surface area contributed by atoms with Crippen molar-refractivity contribution in [1.29, 1.82) is 0 Å². The van der Waals surface area contributed by atoms with Crippen molar-refractivity contribution in [1.82, 2.24) is 4.90 Å². The Balaban J connectivity index is 1.71. The molecule has 1 spiro atoms. The molecule has 2 rings (SSSR count). The van der Waals surface area contributed by atoms with E-state index in [9.17, 15) is 0 Å². The van der Waals surface area contributed by atoms with E-state index in [4.69, 9.17) is 9.47 Å². The summed E-state index contributed by atoms with van der Waals surface area (Å²) in [6.45, 7) is 9.27. The molecule has 0 radical (unpaired) electrons. The van der Waals surface area contributed by atoms with Crippen LogP contribution in [-0.4, -0.2) is 50.0 Å². The zero-order chi connectivity index (χ0) is 10.7. The Morgan fingerprint density at radius 1 is 1.33 bits per heavy atom. The minimum Gasteiger partial charge on any atom is -0.376 e. The van der Waals surface area contributed by atoms with Crippen LogP contribution >= 0.6 is 0 Å². The molecule has 2 saturated heterocycles. The van der Waals surface area contributed by atoms with E-state index in [0.717, 1.165) is 39.5 Å². The number of hydrogen-bond donors (Lipinski definition) is 0. The van der Waals surface area contributed by atoms with Crippen LogP contribution in [0.15, 0.2) is 0 Å². The first-order valence-corrected chi connectivity index (χ1v) is 5.63. The minimum absolute atomic E-state index is 0.00222. The average molecular weight is 209 g/mol. The lowest BCUT2D eigenvalue weighted by molar-refractivity contribution is -0.214. The summed E-state index contributed by atoms with van der Waals surface area (Å²) >= 11 is 0. The van der Waals surface area contributed by atoms with Crippen molar-refractivity contribution >= 4 is 0 Å². The maximum absolute atomic E-state index is 5.74. The summed E-state index contributed by atoms with van der Waals surface area (Å²) in [7, 11) is 0. The minimum atomic E-state index is -0.00222. The molecule has 0 aromatic rings. The Morgan fingerprint density at radius 2 is 2.13 bits per heavy atom. The van der Waals surface area contributed by atoms with E-state index >= 15 is 0 Å². The van der Waals surface area contributed by atoms with E-state index in [2.05, 4.69) is 30.6 Å². The number of ether oxygens (including phenoxy) is 2. The first-order chi connectivity index (χ1) is 7.20. The second-order valence-electron chi connectivity index (χ2n) is 4.71. The molecule has 0 amide bonds. The van der Waals surface area contributed by atoms with E-state index in [1.165, 1.54) is 0 Å². The van der Waals surface area contributed by atoms with Crippen molar-refractivity contribution in [3.05, 3.63) is 0 Å². The first kappa shape index (κ1) is 10.9. The highest BCUT2D eigenvalue weighted by atomic mass is 16.6. The van der Waals surface area contributed by atoms with Gasteiger partial charge in [0.05, 0.1) is 26.4 Å². The zero-order valence-corrected chi connectivity index (χ0v) is 9.58. The molecule has 3 heteroatoms. The monoisotopic (exact) mass is 209 g/mol. The number of likely N-dealkylation sites (tertiary alicyclic amines) is 1. The number of hydrogen-bond acceptors (Lipinski definition) is 3. The Hall–Kier alpha value is -0.560. The molecule has 84 valence electrons. The third kappa shape index (κ3) is 2.72. The van der Waals surface area contributed by atoms with Crippen molar-refractivity contribution in [2.75, 3.05) is 39.5 Å². The van der Waals surface area contributed by atoms with Gasteiger partial charge in [-0.1, -0.05) is 25.7 Å². The SMILES string of the molecule is CC(C)C#CCN1CC2(COCCO2)C1. The zero-order valence-electron chi connectivity index (χ0n) is 9.58. The summed E-state index contributed by atoms with van der Waals surface area (Å²) < 4.78 is 11.2. The van der Waals surface area contributed by atoms with Gasteiger partial charge in [0.15, 0.2) is 0 Å². The number of nitrogens with zero attached hydrogens (tertiary/aromatic N) is 1. The maximum atomic E-state index is 5.74. The molecule has 0 N–H and O–H groups in total. The molecular formula is C12H19NO2. The highest BCUT2D eigenvalue weighted by molar-refractivity contribution is 5.08. The van der Waals surface area contributed by atoms with Crippen molar-refractivity contribution in [2.24, 2.45) is 5.92 Å². The van der Waals surface area contributed by atoms with Crippen LogP contribution < -0.4 is 0 Å². The van der Waals surface area contributed by atoms with Gasteiger partial charge >= 0.3 is 0 Å². The molecule has 0 aromatic carbocycles. The molecular weight excluding hydrogens is 190 g/mol. The molecule has 2 heterocycles. The fraction of sp³-hybridized carbons (Fsp3) is 0.833. The maximum Gasteiger partial charge on any atom is 0.117 e. The van der Waals surface area contributed by atoms with Gasteiger partial charge < -0.3 is 9.47 Å². The standard InChI is InChI=1S/C12H19NO2/c1-11(2)4-3-5-13-8-12(9-13)10-14-6-7-15-12/h11H,5-10H2,1-2H3. The molecule has 0 unspecified atom stereocenters. The Bertz CT molecular complexity index is 263. The van der Waals surface area contributed by atoms with Crippen molar-refractivity contribution < 1.29 is 9.47 Å². The van der Waals surface area contributed by atoms with Crippen LogP contribution in [-0.2, 0) is 9.47 Å². The lowest BCUT2D eigenvalue weighted by Gasteiger charge is -2.50. The number of rotatable bonds is 1. The molecule has 3 nitrogen and oxygen atoms in total. The van der Waals surface area contributed by atoms with E-state index in [-0.39, 0.29) is 5.60 Å². The second kappa shape index (κ2) is 4.52. The van der Waals surface area contributed by atoms with E-state index < -0.39 is 0 Å². The summed E-state index contributed by atoms with van der Waals surface area (Å²) in [5, 5.41) is 0. The van der Waals surface area contributed by atoms with E-state index in [1.54, 1.807) is 0 Å². The topological polar surface area (TPSA) is 21.7 Å². The van der Waals surface area contributed by atoms with Gasteiger partial charge in [0, 0.05) is 19.0 Å². The van der Waals surface area contributed by atoms with Gasteiger partial charge in [0.25, 0.3) is 0 Å². The van der Waals surface area contributed by atoms with Gasteiger partial charge in [-0.05, 0) is 0 Å². The highest BCUT2D eigenvalue weighted by Gasteiger charge is 2.45. The Kier molecular flexibility index (Phi) is 3.30. The molecule has 0 atom stereocenters. The largest absolute Gasteiger partial charge is 0.376 e. The summed E-state index contributed by atoms with van der Waals surface area (Å²) in [6.07, 6.45) is 0. The quantitative estimate of drug-likeness (QED) is 0.595. The fourth-order valence-electron chi connectivity index (χ4n) is 2.04. The Labute approximate surface area is 91.7 Å². The van der Waals surface area contributed by atoms with E-state index in [0.29, 0.717) is 5.92 Å². The molecule has 0 bridgehead atoms. The third-order valence-corrected chi connectivity index (χ3v) is 2.72. The van der Waals surface area contributed by atoms with Gasteiger partial charge in [-0.15, -0.1) is 0 Å². The van der Waals surface area contributed by atoms with Crippen LogP contribution in [0, 0.1) is 17.8 Å². The predicted octanol–water partition coefficient (Wildman–Crippen LogP) is 0.747. The molecule has 2 aliphatic heterocycles. The third-order valence-electron chi connectivity index (χ3n) is 2.72. The molecule has 2 aliphatic rings. The van der Waals surface area contributed by atoms with Crippen LogP contribution in [0.3, 0.4) is 0 Å². The molecule has 15 heavy (non-hydrogen) atoms. The second-order valence-corrected chi connectivity index (χ2v) is 4.71. The Morgan fingerprint density at radius 3 is 2.73 bits per heavy atom. The van der Waals surface area contributed by atoms with Crippen LogP contribution in [0.5, 0.6) is 0 Å². The summed E-state index contributed by atoms with van der Waals surface area (Å²) in [5.41, 5.74) is -0.00222. The summed E-state index contributed by atoms with van der Waals surface area (Å²) in [4.78, 5) is 2.31. The molecule has 2 fully saturated rings. The fourth-order valence-corrected chi connectivity index (χ4v) is 2.04. The van der Waals surface area contributed by atoms with Crippen LogP contribution in [0.25, 0.3) is 0 Å². The molecule has 0 saturated carbocycles. The molecule has 0 aromatic heterocycles. The highest BCUT2D eigenvalue weighted by Crippen LogP contribution is 2.27. The van der Waals surface area contributed by atoms with Crippen LogP contribution in [0.1, 0.15) is 13.8 Å². The van der Waals surface area contributed by atoms with Gasteiger partial charge in [-0.25, -0.2) is 0 Å². The van der Waals surface area contributed by atoms with Gasteiger partial charge in [0.1, 0.15) is 5.60 Å². The predicted molar refractivity (Wildman–Crippen MR) is 58.6 cm³/mol. The lowest BCUT2D eigenvalue weighted by atomic mass is 9.94.